The average Bonchev–Trinajstić information content (AvgIpc) is 2.14. The van der Waals surface area contributed by atoms with Gasteiger partial charge in [0.25, 0.3) is 0 Å². The Morgan fingerprint density at radius 1 is 1.35 bits per heavy atom. The molecule has 0 radical (unpaired) electrons. The van der Waals surface area contributed by atoms with E-state index in [-0.39, 0.29) is 18.7 Å². The summed E-state index contributed by atoms with van der Waals surface area (Å²) in [5.74, 6) is -0.511. The minimum absolute atomic E-state index is 0.0634. The van der Waals surface area contributed by atoms with Crippen molar-refractivity contribution in [3.05, 3.63) is 28.2 Å². The Balaban J connectivity index is 2.79. The standard InChI is InChI=1S/C10H10BrF3N2O/c11-7-3-6(10(12,13)14)4-8(5-7)16-2-1-9(15)17/h3-5,16H,1-2H2,(H2,15,17). The smallest absolute Gasteiger partial charge is 0.384 e. The lowest BCUT2D eigenvalue weighted by Crippen LogP contribution is -2.16. The van der Waals surface area contributed by atoms with Gasteiger partial charge in [0, 0.05) is 23.1 Å². The van der Waals surface area contributed by atoms with Gasteiger partial charge < -0.3 is 11.1 Å². The fourth-order valence-corrected chi connectivity index (χ4v) is 1.68. The van der Waals surface area contributed by atoms with E-state index in [0.29, 0.717) is 4.47 Å². The summed E-state index contributed by atoms with van der Waals surface area (Å²) in [6, 6.07) is 3.46. The van der Waals surface area contributed by atoms with Crippen molar-refractivity contribution in [2.45, 2.75) is 12.6 Å². The Morgan fingerprint density at radius 3 is 2.53 bits per heavy atom. The molecule has 1 aromatic rings. The third kappa shape index (κ3) is 4.64. The topological polar surface area (TPSA) is 55.1 Å². The summed E-state index contributed by atoms with van der Waals surface area (Å²) < 4.78 is 37.7. The molecule has 0 aliphatic rings. The quantitative estimate of drug-likeness (QED) is 0.898. The molecule has 1 aromatic carbocycles. The van der Waals surface area contributed by atoms with E-state index in [1.54, 1.807) is 0 Å². The van der Waals surface area contributed by atoms with E-state index < -0.39 is 17.6 Å². The molecule has 0 aliphatic heterocycles. The SMILES string of the molecule is NC(=O)CCNc1cc(Br)cc(C(F)(F)F)c1. The molecule has 0 heterocycles. The lowest BCUT2D eigenvalue weighted by atomic mass is 10.2. The van der Waals surface area contributed by atoms with Gasteiger partial charge in [-0.2, -0.15) is 13.2 Å². The Labute approximate surface area is 104 Å². The Morgan fingerprint density at radius 2 is 2.00 bits per heavy atom. The van der Waals surface area contributed by atoms with Gasteiger partial charge in [0.2, 0.25) is 5.91 Å². The van der Waals surface area contributed by atoms with E-state index in [9.17, 15) is 18.0 Å². The monoisotopic (exact) mass is 310 g/mol. The maximum Gasteiger partial charge on any atom is 0.416 e. The van der Waals surface area contributed by atoms with Gasteiger partial charge in [0.15, 0.2) is 0 Å². The van der Waals surface area contributed by atoms with Crippen LogP contribution < -0.4 is 11.1 Å². The second kappa shape index (κ2) is 5.39. The molecule has 0 unspecified atom stereocenters. The number of anilines is 1. The van der Waals surface area contributed by atoms with Crippen molar-refractivity contribution < 1.29 is 18.0 Å². The van der Waals surface area contributed by atoms with Crippen LogP contribution in [-0.2, 0) is 11.0 Å². The molecular weight excluding hydrogens is 301 g/mol. The number of nitrogens with one attached hydrogen (secondary N) is 1. The van der Waals surface area contributed by atoms with Crippen LogP contribution in [0, 0.1) is 0 Å². The van der Waals surface area contributed by atoms with E-state index in [2.05, 4.69) is 21.2 Å². The Bertz CT molecular complexity index is 421. The minimum atomic E-state index is -4.40. The zero-order valence-corrected chi connectivity index (χ0v) is 10.2. The molecule has 3 N–H and O–H groups in total. The highest BCUT2D eigenvalue weighted by atomic mass is 79.9. The summed E-state index contributed by atoms with van der Waals surface area (Å²) in [6.45, 7) is 0.198. The first-order chi connectivity index (χ1) is 7.79. The van der Waals surface area contributed by atoms with Crippen LogP contribution in [0.2, 0.25) is 0 Å². The summed E-state index contributed by atoms with van der Waals surface area (Å²) in [5.41, 5.74) is 4.45. The van der Waals surface area contributed by atoms with Crippen molar-refractivity contribution in [3.8, 4) is 0 Å². The maximum absolute atomic E-state index is 12.5. The second-order valence-electron chi connectivity index (χ2n) is 3.37. The maximum atomic E-state index is 12.5. The van der Waals surface area contributed by atoms with Crippen molar-refractivity contribution in [2.75, 3.05) is 11.9 Å². The van der Waals surface area contributed by atoms with Gasteiger partial charge in [-0.1, -0.05) is 15.9 Å². The van der Waals surface area contributed by atoms with Crippen molar-refractivity contribution in [3.63, 3.8) is 0 Å². The molecule has 0 aromatic heterocycles. The summed E-state index contributed by atoms with van der Waals surface area (Å²) in [4.78, 5) is 10.5. The number of carbonyl (C=O) groups is 1. The number of primary amides is 1. The van der Waals surface area contributed by atoms with E-state index >= 15 is 0 Å². The molecule has 1 amide bonds. The normalized spacial score (nSPS) is 11.3. The summed E-state index contributed by atoms with van der Waals surface area (Å²) in [7, 11) is 0. The number of alkyl halides is 3. The first-order valence-corrected chi connectivity index (χ1v) is 5.48. The predicted molar refractivity (Wildman–Crippen MR) is 61.4 cm³/mol. The molecule has 1 rings (SSSR count). The molecule has 0 fully saturated rings. The molecule has 94 valence electrons. The molecule has 3 nitrogen and oxygen atoms in total. The number of amides is 1. The lowest BCUT2D eigenvalue weighted by Gasteiger charge is -2.11. The first-order valence-electron chi connectivity index (χ1n) is 4.69. The third-order valence-electron chi connectivity index (χ3n) is 1.93. The summed E-state index contributed by atoms with van der Waals surface area (Å²) in [6.07, 6.45) is -4.34. The molecule has 0 bridgehead atoms. The number of rotatable bonds is 4. The fraction of sp³-hybridized carbons (Fsp3) is 0.300. The van der Waals surface area contributed by atoms with E-state index in [0.717, 1.165) is 12.1 Å². The Hall–Kier alpha value is -1.24. The lowest BCUT2D eigenvalue weighted by molar-refractivity contribution is -0.137. The average molecular weight is 311 g/mol. The fourth-order valence-electron chi connectivity index (χ4n) is 1.19. The van der Waals surface area contributed by atoms with Gasteiger partial charge in [-0.05, 0) is 18.2 Å². The van der Waals surface area contributed by atoms with E-state index in [1.165, 1.54) is 6.07 Å². The van der Waals surface area contributed by atoms with Gasteiger partial charge >= 0.3 is 6.18 Å². The highest BCUT2D eigenvalue weighted by molar-refractivity contribution is 9.10. The number of halogens is 4. The minimum Gasteiger partial charge on any atom is -0.384 e. The van der Waals surface area contributed by atoms with Crippen LogP contribution in [0.1, 0.15) is 12.0 Å². The van der Waals surface area contributed by atoms with Crippen molar-refractivity contribution in [1.29, 1.82) is 0 Å². The van der Waals surface area contributed by atoms with Crippen molar-refractivity contribution in [2.24, 2.45) is 5.73 Å². The van der Waals surface area contributed by atoms with E-state index in [4.69, 9.17) is 5.73 Å². The van der Waals surface area contributed by atoms with Gasteiger partial charge in [0.1, 0.15) is 0 Å². The highest BCUT2D eigenvalue weighted by Gasteiger charge is 2.31. The molecule has 0 saturated heterocycles. The van der Waals surface area contributed by atoms with Crippen molar-refractivity contribution in [1.82, 2.24) is 0 Å². The predicted octanol–water partition coefficient (Wildman–Crippen LogP) is 2.76. The highest BCUT2D eigenvalue weighted by Crippen LogP contribution is 2.33. The van der Waals surface area contributed by atoms with E-state index in [1.807, 2.05) is 0 Å². The van der Waals surface area contributed by atoms with Gasteiger partial charge in [-0.3, -0.25) is 4.79 Å². The largest absolute Gasteiger partial charge is 0.416 e. The zero-order valence-electron chi connectivity index (χ0n) is 8.64. The van der Waals surface area contributed by atoms with Gasteiger partial charge in [-0.25, -0.2) is 0 Å². The summed E-state index contributed by atoms with van der Waals surface area (Å²) in [5, 5.41) is 2.70. The summed E-state index contributed by atoms with van der Waals surface area (Å²) >= 11 is 2.99. The van der Waals surface area contributed by atoms with Gasteiger partial charge in [0.05, 0.1) is 5.56 Å². The van der Waals surface area contributed by atoms with Crippen LogP contribution >= 0.6 is 15.9 Å². The number of hydrogen-bond donors (Lipinski definition) is 2. The number of carbonyl (C=O) groups excluding carboxylic acids is 1. The van der Waals surface area contributed by atoms with Crippen LogP contribution in [0.4, 0.5) is 18.9 Å². The number of nitrogens with two attached hydrogens (primary N) is 1. The molecule has 0 spiro atoms. The molecule has 0 atom stereocenters. The van der Waals surface area contributed by atoms with Crippen LogP contribution in [0.15, 0.2) is 22.7 Å². The molecular formula is C10H10BrF3N2O. The molecule has 0 saturated carbocycles. The molecule has 17 heavy (non-hydrogen) atoms. The second-order valence-corrected chi connectivity index (χ2v) is 4.29. The van der Waals surface area contributed by atoms with Crippen LogP contribution in [0.3, 0.4) is 0 Å². The van der Waals surface area contributed by atoms with Crippen LogP contribution in [0.5, 0.6) is 0 Å². The third-order valence-corrected chi connectivity index (χ3v) is 2.38. The molecule has 0 aliphatic carbocycles. The zero-order chi connectivity index (χ0) is 13.1. The van der Waals surface area contributed by atoms with Crippen LogP contribution in [0.25, 0.3) is 0 Å². The van der Waals surface area contributed by atoms with Gasteiger partial charge in [-0.15, -0.1) is 0 Å². The van der Waals surface area contributed by atoms with Crippen LogP contribution in [-0.4, -0.2) is 12.5 Å². The van der Waals surface area contributed by atoms with Crippen molar-refractivity contribution >= 4 is 27.5 Å². The Kier molecular flexibility index (Phi) is 4.39. The number of hydrogen-bond acceptors (Lipinski definition) is 2. The molecule has 7 heteroatoms. The number of benzene rings is 1. The first kappa shape index (κ1) is 13.8.